The minimum absolute atomic E-state index is 0.0133. The lowest BCUT2D eigenvalue weighted by atomic mass is 9.87. The molecule has 156 valence electrons. The van der Waals surface area contributed by atoms with Crippen LogP contribution >= 0.6 is 0 Å². The lowest BCUT2D eigenvalue weighted by molar-refractivity contribution is 0.0958. The zero-order valence-corrected chi connectivity index (χ0v) is 17.8. The Kier molecular flexibility index (Phi) is 5.42. The molecule has 5 heteroatoms. The highest BCUT2D eigenvalue weighted by atomic mass is 16.3. The zero-order valence-electron chi connectivity index (χ0n) is 17.8. The van der Waals surface area contributed by atoms with Gasteiger partial charge in [0.1, 0.15) is 11.4 Å². The molecule has 0 unspecified atom stereocenters. The maximum Gasteiger partial charge on any atom is 0.295 e. The van der Waals surface area contributed by atoms with E-state index in [1.54, 1.807) is 42.6 Å². The smallest absolute Gasteiger partial charge is 0.295 e. The molecule has 0 aliphatic carbocycles. The van der Waals surface area contributed by atoms with Gasteiger partial charge in [-0.2, -0.15) is 0 Å². The Balaban J connectivity index is 1.72. The fraction of sp³-hybridized carbons (Fsp3) is 0.192. The van der Waals surface area contributed by atoms with Crippen molar-refractivity contribution in [1.29, 1.82) is 0 Å². The highest BCUT2D eigenvalue weighted by molar-refractivity contribution is 6.04. The molecule has 2 aromatic heterocycles. The quantitative estimate of drug-likeness (QED) is 0.454. The van der Waals surface area contributed by atoms with Gasteiger partial charge >= 0.3 is 0 Å². The third kappa shape index (κ3) is 4.40. The monoisotopic (exact) mass is 412 g/mol. The molecule has 0 aliphatic rings. The lowest BCUT2D eigenvalue weighted by Crippen LogP contribution is -2.31. The van der Waals surface area contributed by atoms with Crippen molar-refractivity contribution < 1.29 is 9.21 Å². The van der Waals surface area contributed by atoms with E-state index < -0.39 is 5.91 Å². The second-order valence-corrected chi connectivity index (χ2v) is 8.50. The molecule has 5 nitrogen and oxygen atoms in total. The van der Waals surface area contributed by atoms with Crippen molar-refractivity contribution in [1.82, 2.24) is 4.98 Å². The van der Waals surface area contributed by atoms with Crippen molar-refractivity contribution in [3.05, 3.63) is 106 Å². The molecule has 0 atom stereocenters. The van der Waals surface area contributed by atoms with Gasteiger partial charge < -0.3 is 4.42 Å². The molecule has 0 fully saturated rings. The van der Waals surface area contributed by atoms with E-state index in [4.69, 9.17) is 4.42 Å². The van der Waals surface area contributed by atoms with Gasteiger partial charge in [0.15, 0.2) is 11.2 Å². The predicted octanol–water partition coefficient (Wildman–Crippen LogP) is 5.33. The number of pyridine rings is 1. The second kappa shape index (κ2) is 8.19. The Morgan fingerprint density at radius 3 is 2.35 bits per heavy atom. The molecular weight excluding hydrogens is 388 g/mol. The minimum atomic E-state index is -0.415. The summed E-state index contributed by atoms with van der Waals surface area (Å²) in [6.45, 7) is 6.78. The van der Waals surface area contributed by atoms with Crippen molar-refractivity contribution >= 4 is 22.7 Å². The molecule has 0 N–H and O–H groups in total. The number of aromatic nitrogens is 1. The van der Waals surface area contributed by atoms with Gasteiger partial charge in [0.2, 0.25) is 0 Å². The summed E-state index contributed by atoms with van der Waals surface area (Å²) in [6.07, 6.45) is 1.63. The van der Waals surface area contributed by atoms with Crippen LogP contribution in [0.5, 0.6) is 0 Å². The van der Waals surface area contributed by atoms with Crippen molar-refractivity contribution in [2.75, 3.05) is 4.90 Å². The maximum atomic E-state index is 13.4. The number of benzene rings is 2. The van der Waals surface area contributed by atoms with Crippen molar-refractivity contribution in [3.63, 3.8) is 0 Å². The average molecular weight is 412 g/mol. The van der Waals surface area contributed by atoms with Crippen LogP contribution in [0, 0.1) is 0 Å². The van der Waals surface area contributed by atoms with Gasteiger partial charge in [-0.3, -0.25) is 14.5 Å². The molecule has 0 aliphatic heterocycles. The highest BCUT2D eigenvalue weighted by Gasteiger charge is 2.23. The van der Waals surface area contributed by atoms with Gasteiger partial charge in [0.05, 0.1) is 11.9 Å². The molecule has 0 radical (unpaired) electrons. The van der Waals surface area contributed by atoms with E-state index in [1.807, 2.05) is 18.2 Å². The van der Waals surface area contributed by atoms with Gasteiger partial charge in [-0.1, -0.05) is 63.2 Å². The third-order valence-electron chi connectivity index (χ3n) is 5.18. The number of rotatable bonds is 4. The van der Waals surface area contributed by atoms with Crippen LogP contribution in [0.25, 0.3) is 11.0 Å². The van der Waals surface area contributed by atoms with E-state index in [-0.39, 0.29) is 16.6 Å². The van der Waals surface area contributed by atoms with Gasteiger partial charge in [-0.15, -0.1) is 0 Å². The largest absolute Gasteiger partial charge is 0.451 e. The molecule has 1 amide bonds. The van der Waals surface area contributed by atoms with Gasteiger partial charge in [0.25, 0.3) is 5.91 Å². The van der Waals surface area contributed by atoms with Gasteiger partial charge in [-0.25, -0.2) is 4.98 Å². The summed E-state index contributed by atoms with van der Waals surface area (Å²) in [4.78, 5) is 31.8. The number of carbonyl (C=O) groups excluding carboxylic acids is 1. The molecule has 0 saturated heterocycles. The first-order valence-corrected chi connectivity index (χ1v) is 10.2. The van der Waals surface area contributed by atoms with Crippen molar-refractivity contribution in [2.24, 2.45) is 0 Å². The summed E-state index contributed by atoms with van der Waals surface area (Å²) in [5.41, 5.74) is 2.35. The van der Waals surface area contributed by atoms with Crippen LogP contribution in [0.1, 0.15) is 42.5 Å². The summed E-state index contributed by atoms with van der Waals surface area (Å²) in [7, 11) is 0. The number of para-hydroxylation sites is 1. The Bertz CT molecular complexity index is 1270. The molecule has 4 aromatic rings. The number of nitrogens with zero attached hydrogens (tertiary/aromatic N) is 2. The maximum absolute atomic E-state index is 13.4. The molecule has 0 spiro atoms. The molecule has 4 rings (SSSR count). The van der Waals surface area contributed by atoms with Crippen LogP contribution in [0.4, 0.5) is 5.82 Å². The first-order valence-electron chi connectivity index (χ1n) is 10.2. The zero-order chi connectivity index (χ0) is 22.0. The standard InChI is InChI=1S/C26H24N2O3/c1-26(2,3)19-13-11-18(12-14-19)17-28(24-10-6-7-15-27-24)25(30)23-16-21(29)20-8-4-5-9-22(20)31-23/h4-16H,17H2,1-3H3. The van der Waals surface area contributed by atoms with Crippen LogP contribution in [-0.4, -0.2) is 10.9 Å². The number of hydrogen-bond donors (Lipinski definition) is 0. The minimum Gasteiger partial charge on any atom is -0.451 e. The van der Waals surface area contributed by atoms with Crippen LogP contribution in [0.15, 0.2) is 88.2 Å². The summed E-state index contributed by atoms with van der Waals surface area (Å²) in [5.74, 6) is 0.0605. The van der Waals surface area contributed by atoms with Crippen LogP contribution in [-0.2, 0) is 12.0 Å². The second-order valence-electron chi connectivity index (χ2n) is 8.50. The van der Waals surface area contributed by atoms with E-state index in [2.05, 4.69) is 37.9 Å². The normalized spacial score (nSPS) is 11.5. The molecule has 0 bridgehead atoms. The Morgan fingerprint density at radius 2 is 1.68 bits per heavy atom. The Labute approximate surface area is 181 Å². The lowest BCUT2D eigenvalue weighted by Gasteiger charge is -2.23. The summed E-state index contributed by atoms with van der Waals surface area (Å²) in [5, 5.41) is 0.446. The molecule has 2 aromatic carbocycles. The van der Waals surface area contributed by atoms with Gasteiger partial charge in [-0.05, 0) is 40.8 Å². The van der Waals surface area contributed by atoms with E-state index in [0.717, 1.165) is 5.56 Å². The van der Waals surface area contributed by atoms with Crippen molar-refractivity contribution in [2.45, 2.75) is 32.7 Å². The first kappa shape index (κ1) is 20.5. The van der Waals surface area contributed by atoms with Crippen LogP contribution in [0.2, 0.25) is 0 Å². The third-order valence-corrected chi connectivity index (χ3v) is 5.18. The molecule has 31 heavy (non-hydrogen) atoms. The molecular formula is C26H24N2O3. The number of hydrogen-bond acceptors (Lipinski definition) is 4. The van der Waals surface area contributed by atoms with E-state index >= 15 is 0 Å². The number of amides is 1. The fourth-order valence-electron chi connectivity index (χ4n) is 3.41. The van der Waals surface area contributed by atoms with E-state index in [0.29, 0.717) is 23.3 Å². The summed E-state index contributed by atoms with van der Waals surface area (Å²) in [6, 6.07) is 21.7. The molecule has 2 heterocycles. The fourth-order valence-corrected chi connectivity index (χ4v) is 3.41. The average Bonchev–Trinajstić information content (AvgIpc) is 2.77. The number of anilines is 1. The SMILES string of the molecule is CC(C)(C)c1ccc(CN(C(=O)c2cc(=O)c3ccccc3o2)c2ccccn2)cc1. The van der Waals surface area contributed by atoms with Crippen molar-refractivity contribution in [3.8, 4) is 0 Å². The summed E-state index contributed by atoms with van der Waals surface area (Å²) >= 11 is 0. The van der Waals surface area contributed by atoms with E-state index in [1.165, 1.54) is 16.5 Å². The van der Waals surface area contributed by atoms with Gasteiger partial charge in [0, 0.05) is 12.3 Å². The number of fused-ring (bicyclic) bond motifs is 1. The Hall–Kier alpha value is -3.73. The van der Waals surface area contributed by atoms with Crippen LogP contribution in [0.3, 0.4) is 0 Å². The highest BCUT2D eigenvalue weighted by Crippen LogP contribution is 2.24. The van der Waals surface area contributed by atoms with Crippen LogP contribution < -0.4 is 10.3 Å². The predicted molar refractivity (Wildman–Crippen MR) is 122 cm³/mol. The summed E-state index contributed by atoms with van der Waals surface area (Å²) < 4.78 is 5.79. The molecule has 0 saturated carbocycles. The Morgan fingerprint density at radius 1 is 0.968 bits per heavy atom. The topological polar surface area (TPSA) is 63.4 Å². The number of carbonyl (C=O) groups is 1. The van der Waals surface area contributed by atoms with E-state index in [9.17, 15) is 9.59 Å². The first-order chi connectivity index (χ1) is 14.8.